The van der Waals surface area contributed by atoms with E-state index in [9.17, 15) is 0 Å². The molecule has 90 valence electrons. The standard InChI is InChI=1S/C12H15N3O2/c1-3-11-14-12(17-15-11)7-16-10-5-4-9(13)6-8(10)2/h4-6H,3,7,13H2,1-2H3. The second-order valence-electron chi connectivity index (χ2n) is 3.77. The Morgan fingerprint density at radius 3 is 2.88 bits per heavy atom. The van der Waals surface area contributed by atoms with E-state index in [1.807, 2.05) is 26.0 Å². The molecule has 1 aromatic carbocycles. The van der Waals surface area contributed by atoms with Gasteiger partial charge in [0, 0.05) is 12.1 Å². The number of nitrogens with two attached hydrogens (primary N) is 1. The van der Waals surface area contributed by atoms with Crippen molar-refractivity contribution >= 4 is 5.69 Å². The van der Waals surface area contributed by atoms with E-state index in [2.05, 4.69) is 10.1 Å². The summed E-state index contributed by atoms with van der Waals surface area (Å²) in [5.74, 6) is 1.95. The van der Waals surface area contributed by atoms with Crippen molar-refractivity contribution in [2.24, 2.45) is 0 Å². The van der Waals surface area contributed by atoms with Gasteiger partial charge in [-0.15, -0.1) is 0 Å². The van der Waals surface area contributed by atoms with Crippen molar-refractivity contribution < 1.29 is 9.26 Å². The van der Waals surface area contributed by atoms with Gasteiger partial charge in [0.2, 0.25) is 0 Å². The fourth-order valence-electron chi connectivity index (χ4n) is 1.47. The van der Waals surface area contributed by atoms with Gasteiger partial charge in [0.1, 0.15) is 5.75 Å². The Morgan fingerprint density at radius 2 is 2.24 bits per heavy atom. The van der Waals surface area contributed by atoms with E-state index < -0.39 is 0 Å². The van der Waals surface area contributed by atoms with E-state index in [4.69, 9.17) is 15.0 Å². The number of hydrogen-bond acceptors (Lipinski definition) is 5. The maximum absolute atomic E-state index is 5.66. The van der Waals surface area contributed by atoms with Crippen LogP contribution >= 0.6 is 0 Å². The summed E-state index contributed by atoms with van der Waals surface area (Å²) in [6.07, 6.45) is 0.754. The van der Waals surface area contributed by atoms with Crippen LogP contribution in [-0.2, 0) is 13.0 Å². The average Bonchev–Trinajstić information content (AvgIpc) is 2.76. The Morgan fingerprint density at radius 1 is 1.41 bits per heavy atom. The minimum atomic E-state index is 0.276. The molecule has 0 aliphatic rings. The minimum Gasteiger partial charge on any atom is -0.483 e. The molecule has 0 saturated heterocycles. The molecule has 1 aromatic heterocycles. The predicted octanol–water partition coefficient (Wildman–Crippen LogP) is 2.10. The summed E-state index contributed by atoms with van der Waals surface area (Å²) >= 11 is 0. The molecule has 2 rings (SSSR count). The fourth-order valence-corrected chi connectivity index (χ4v) is 1.47. The molecule has 17 heavy (non-hydrogen) atoms. The Kier molecular flexibility index (Phi) is 3.27. The first-order valence-electron chi connectivity index (χ1n) is 5.49. The van der Waals surface area contributed by atoms with Crippen LogP contribution in [-0.4, -0.2) is 10.1 Å². The SMILES string of the molecule is CCc1noc(COc2ccc(N)cc2C)n1. The van der Waals surface area contributed by atoms with Crippen molar-refractivity contribution in [2.45, 2.75) is 26.9 Å². The summed E-state index contributed by atoms with van der Waals surface area (Å²) in [6.45, 7) is 4.19. The van der Waals surface area contributed by atoms with Crippen molar-refractivity contribution in [1.82, 2.24) is 10.1 Å². The Bertz CT molecular complexity index is 508. The summed E-state index contributed by atoms with van der Waals surface area (Å²) in [7, 11) is 0. The van der Waals surface area contributed by atoms with Crippen LogP contribution in [0.2, 0.25) is 0 Å². The highest BCUT2D eigenvalue weighted by Crippen LogP contribution is 2.21. The molecule has 0 fully saturated rings. The van der Waals surface area contributed by atoms with Gasteiger partial charge in [0.05, 0.1) is 0 Å². The summed E-state index contributed by atoms with van der Waals surface area (Å²) in [5, 5.41) is 3.80. The highest BCUT2D eigenvalue weighted by molar-refractivity contribution is 5.47. The number of aromatic nitrogens is 2. The zero-order chi connectivity index (χ0) is 12.3. The molecule has 5 heteroatoms. The first-order valence-corrected chi connectivity index (χ1v) is 5.49. The lowest BCUT2D eigenvalue weighted by atomic mass is 10.2. The molecular formula is C12H15N3O2. The van der Waals surface area contributed by atoms with Gasteiger partial charge >= 0.3 is 0 Å². The first-order chi connectivity index (χ1) is 8.19. The highest BCUT2D eigenvalue weighted by atomic mass is 16.5. The van der Waals surface area contributed by atoms with Crippen LogP contribution in [0.25, 0.3) is 0 Å². The molecule has 2 N–H and O–H groups in total. The molecule has 0 spiro atoms. The minimum absolute atomic E-state index is 0.276. The topological polar surface area (TPSA) is 74.2 Å². The molecule has 0 bridgehead atoms. The molecule has 0 unspecified atom stereocenters. The maximum Gasteiger partial charge on any atom is 0.264 e. The molecule has 0 amide bonds. The average molecular weight is 233 g/mol. The summed E-state index contributed by atoms with van der Waals surface area (Å²) in [6, 6.07) is 5.50. The number of benzene rings is 1. The molecule has 1 heterocycles. The highest BCUT2D eigenvalue weighted by Gasteiger charge is 2.06. The van der Waals surface area contributed by atoms with E-state index in [-0.39, 0.29) is 6.61 Å². The van der Waals surface area contributed by atoms with Crippen molar-refractivity contribution in [1.29, 1.82) is 0 Å². The van der Waals surface area contributed by atoms with Gasteiger partial charge in [0.25, 0.3) is 5.89 Å². The van der Waals surface area contributed by atoms with Crippen molar-refractivity contribution in [3.63, 3.8) is 0 Å². The molecule has 0 radical (unpaired) electrons. The number of aryl methyl sites for hydroxylation is 2. The van der Waals surface area contributed by atoms with Crippen LogP contribution < -0.4 is 10.5 Å². The number of nitrogen functional groups attached to an aromatic ring is 1. The normalized spacial score (nSPS) is 10.5. The van der Waals surface area contributed by atoms with Crippen LogP contribution in [0.1, 0.15) is 24.2 Å². The van der Waals surface area contributed by atoms with Crippen molar-refractivity contribution in [2.75, 3.05) is 5.73 Å². The van der Waals surface area contributed by atoms with Crippen LogP contribution in [0.5, 0.6) is 5.75 Å². The Balaban J connectivity index is 2.02. The van der Waals surface area contributed by atoms with Crippen molar-refractivity contribution in [3.8, 4) is 5.75 Å². The van der Waals surface area contributed by atoms with E-state index in [1.54, 1.807) is 6.07 Å². The fraction of sp³-hybridized carbons (Fsp3) is 0.333. The molecule has 5 nitrogen and oxygen atoms in total. The van der Waals surface area contributed by atoms with Gasteiger partial charge < -0.3 is 15.0 Å². The van der Waals surface area contributed by atoms with Crippen LogP contribution in [0.3, 0.4) is 0 Å². The van der Waals surface area contributed by atoms with Crippen LogP contribution in [0.4, 0.5) is 5.69 Å². The molecule has 0 aliphatic heterocycles. The molecule has 0 aliphatic carbocycles. The summed E-state index contributed by atoms with van der Waals surface area (Å²) in [5.41, 5.74) is 7.37. The third kappa shape index (κ3) is 2.75. The molecular weight excluding hydrogens is 218 g/mol. The van der Waals surface area contributed by atoms with E-state index in [0.29, 0.717) is 11.7 Å². The third-order valence-corrected chi connectivity index (χ3v) is 2.38. The molecule has 0 saturated carbocycles. The van der Waals surface area contributed by atoms with E-state index >= 15 is 0 Å². The Hall–Kier alpha value is -2.04. The van der Waals surface area contributed by atoms with Crippen LogP contribution in [0.15, 0.2) is 22.7 Å². The largest absolute Gasteiger partial charge is 0.483 e. The number of rotatable bonds is 4. The number of anilines is 1. The second kappa shape index (κ2) is 4.86. The lowest BCUT2D eigenvalue weighted by molar-refractivity contribution is 0.241. The van der Waals surface area contributed by atoms with Gasteiger partial charge in [-0.2, -0.15) is 4.98 Å². The Labute approximate surface area is 99.6 Å². The van der Waals surface area contributed by atoms with Gasteiger partial charge in [-0.3, -0.25) is 0 Å². The van der Waals surface area contributed by atoms with E-state index in [1.165, 1.54) is 0 Å². The quantitative estimate of drug-likeness (QED) is 0.818. The lowest BCUT2D eigenvalue weighted by Gasteiger charge is -2.07. The zero-order valence-corrected chi connectivity index (χ0v) is 9.93. The molecule has 2 aromatic rings. The monoisotopic (exact) mass is 233 g/mol. The van der Waals surface area contributed by atoms with Gasteiger partial charge in [-0.05, 0) is 30.7 Å². The molecule has 0 atom stereocenters. The van der Waals surface area contributed by atoms with Gasteiger partial charge in [0.15, 0.2) is 12.4 Å². The number of nitrogens with zero attached hydrogens (tertiary/aromatic N) is 2. The maximum atomic E-state index is 5.66. The lowest BCUT2D eigenvalue weighted by Crippen LogP contribution is -1.98. The van der Waals surface area contributed by atoms with E-state index in [0.717, 1.165) is 23.4 Å². The van der Waals surface area contributed by atoms with Crippen LogP contribution in [0, 0.1) is 6.92 Å². The smallest absolute Gasteiger partial charge is 0.264 e. The third-order valence-electron chi connectivity index (χ3n) is 2.38. The first kappa shape index (κ1) is 11.4. The summed E-state index contributed by atoms with van der Waals surface area (Å²) in [4.78, 5) is 4.16. The van der Waals surface area contributed by atoms with Gasteiger partial charge in [-0.25, -0.2) is 0 Å². The van der Waals surface area contributed by atoms with Crippen molar-refractivity contribution in [3.05, 3.63) is 35.5 Å². The van der Waals surface area contributed by atoms with Gasteiger partial charge in [-0.1, -0.05) is 12.1 Å². The number of hydrogen-bond donors (Lipinski definition) is 1. The zero-order valence-electron chi connectivity index (χ0n) is 9.93. The number of ether oxygens (including phenoxy) is 1. The predicted molar refractivity (Wildman–Crippen MR) is 63.6 cm³/mol. The second-order valence-corrected chi connectivity index (χ2v) is 3.77. The summed E-state index contributed by atoms with van der Waals surface area (Å²) < 4.78 is 10.6.